The van der Waals surface area contributed by atoms with Gasteiger partial charge in [-0.3, -0.25) is 0 Å². The maximum Gasteiger partial charge on any atom is 0.319 e. The van der Waals surface area contributed by atoms with E-state index in [-0.39, 0.29) is 11.1 Å². The molecule has 0 saturated heterocycles. The molecular formula is C24H28ClFN6O. The lowest BCUT2D eigenvalue weighted by Crippen LogP contribution is -2.36. The number of nitrogens with zero attached hydrogens (tertiary/aromatic N) is 3. The predicted octanol–water partition coefficient (Wildman–Crippen LogP) is 5.28. The Kier molecular flexibility index (Phi) is 7.13. The number of hydrogen-bond donors (Lipinski definition) is 3. The molecule has 0 aliphatic heterocycles. The van der Waals surface area contributed by atoms with Gasteiger partial charge in [0.25, 0.3) is 0 Å². The van der Waals surface area contributed by atoms with Gasteiger partial charge in [0.15, 0.2) is 0 Å². The van der Waals surface area contributed by atoms with Gasteiger partial charge in [-0.1, -0.05) is 23.7 Å². The van der Waals surface area contributed by atoms with Crippen LogP contribution >= 0.6 is 11.6 Å². The lowest BCUT2D eigenvalue weighted by molar-refractivity contribution is 0.246. The zero-order chi connectivity index (χ0) is 23.4. The van der Waals surface area contributed by atoms with E-state index in [0.717, 1.165) is 42.4 Å². The Balaban J connectivity index is 1.27. The summed E-state index contributed by atoms with van der Waals surface area (Å²) in [4.78, 5) is 23.6. The molecule has 1 aliphatic rings. The Morgan fingerprint density at radius 3 is 2.61 bits per heavy atom. The maximum atomic E-state index is 13.2. The second kappa shape index (κ2) is 10.2. The highest BCUT2D eigenvalue weighted by molar-refractivity contribution is 6.31. The van der Waals surface area contributed by atoms with Crippen LogP contribution in [0.4, 0.5) is 26.6 Å². The van der Waals surface area contributed by atoms with Crippen molar-refractivity contribution in [2.45, 2.75) is 31.7 Å². The highest BCUT2D eigenvalue weighted by Crippen LogP contribution is 2.28. The molecule has 1 aromatic heterocycles. The van der Waals surface area contributed by atoms with E-state index in [9.17, 15) is 9.18 Å². The molecule has 9 heteroatoms. The molecule has 0 spiro atoms. The Labute approximate surface area is 197 Å². The van der Waals surface area contributed by atoms with Crippen LogP contribution < -0.4 is 20.9 Å². The summed E-state index contributed by atoms with van der Waals surface area (Å²) in [5.74, 6) is 1.44. The molecule has 174 valence electrons. The van der Waals surface area contributed by atoms with Crippen molar-refractivity contribution >= 4 is 46.0 Å². The van der Waals surface area contributed by atoms with E-state index in [2.05, 4.69) is 16.0 Å². The van der Waals surface area contributed by atoms with Crippen molar-refractivity contribution in [2.24, 2.45) is 5.92 Å². The summed E-state index contributed by atoms with van der Waals surface area (Å²) in [6.45, 7) is 0.588. The van der Waals surface area contributed by atoms with Gasteiger partial charge >= 0.3 is 6.03 Å². The van der Waals surface area contributed by atoms with Crippen molar-refractivity contribution in [1.29, 1.82) is 0 Å². The summed E-state index contributed by atoms with van der Waals surface area (Å²) in [7, 11) is 3.97. The monoisotopic (exact) mass is 470 g/mol. The first-order valence-electron chi connectivity index (χ1n) is 11.1. The average Bonchev–Trinajstić information content (AvgIpc) is 2.80. The molecule has 2 amide bonds. The Bertz CT molecular complexity index is 1130. The molecule has 3 N–H and O–H groups in total. The minimum Gasteiger partial charge on any atom is -0.362 e. The third-order valence-corrected chi connectivity index (χ3v) is 6.21. The minimum absolute atomic E-state index is 0.0216. The summed E-state index contributed by atoms with van der Waals surface area (Å²) < 4.78 is 13.2. The van der Waals surface area contributed by atoms with Gasteiger partial charge in [-0.2, -0.15) is 4.98 Å². The van der Waals surface area contributed by atoms with Crippen LogP contribution in [0.25, 0.3) is 10.9 Å². The summed E-state index contributed by atoms with van der Waals surface area (Å²) in [5.41, 5.74) is 1.38. The zero-order valence-corrected chi connectivity index (χ0v) is 19.5. The predicted molar refractivity (Wildman–Crippen MR) is 132 cm³/mol. The van der Waals surface area contributed by atoms with E-state index in [4.69, 9.17) is 21.6 Å². The Hall–Kier alpha value is -3.13. The number of para-hydroxylation sites is 1. The van der Waals surface area contributed by atoms with Gasteiger partial charge in [0.05, 0.1) is 10.5 Å². The van der Waals surface area contributed by atoms with Crippen molar-refractivity contribution in [1.82, 2.24) is 15.3 Å². The highest BCUT2D eigenvalue weighted by Gasteiger charge is 2.23. The molecule has 33 heavy (non-hydrogen) atoms. The molecule has 1 saturated carbocycles. The van der Waals surface area contributed by atoms with E-state index >= 15 is 0 Å². The van der Waals surface area contributed by atoms with Crippen LogP contribution in [0.1, 0.15) is 25.7 Å². The van der Waals surface area contributed by atoms with Gasteiger partial charge < -0.3 is 20.9 Å². The molecular weight excluding hydrogens is 443 g/mol. The molecule has 1 fully saturated rings. The second-order valence-corrected chi connectivity index (χ2v) is 9.02. The number of urea groups is 1. The Morgan fingerprint density at radius 1 is 1.12 bits per heavy atom. The molecule has 0 bridgehead atoms. The number of halogens is 2. The fraction of sp³-hybridized carbons (Fsp3) is 0.375. The topological polar surface area (TPSA) is 82.2 Å². The van der Waals surface area contributed by atoms with Crippen LogP contribution in [0.15, 0.2) is 42.5 Å². The fourth-order valence-electron chi connectivity index (χ4n) is 4.14. The number of benzene rings is 2. The van der Waals surface area contributed by atoms with Crippen molar-refractivity contribution in [2.75, 3.05) is 36.2 Å². The largest absolute Gasteiger partial charge is 0.362 e. The average molecular weight is 471 g/mol. The smallest absolute Gasteiger partial charge is 0.319 e. The van der Waals surface area contributed by atoms with Crippen LogP contribution in [0, 0.1) is 11.7 Å². The van der Waals surface area contributed by atoms with Crippen LogP contribution in [-0.4, -0.2) is 42.7 Å². The number of rotatable bonds is 6. The molecule has 0 unspecified atom stereocenters. The van der Waals surface area contributed by atoms with E-state index in [0.29, 0.717) is 30.1 Å². The van der Waals surface area contributed by atoms with Crippen molar-refractivity contribution in [3.05, 3.63) is 53.3 Å². The van der Waals surface area contributed by atoms with Crippen molar-refractivity contribution in [3.8, 4) is 0 Å². The Morgan fingerprint density at radius 2 is 1.88 bits per heavy atom. The number of amides is 2. The minimum atomic E-state index is -0.514. The SMILES string of the molecule is CN(C)c1nc(NC2CCC(CNC(=O)Nc3ccc(F)c(Cl)c3)CC2)nc2ccccc12. The van der Waals surface area contributed by atoms with Gasteiger partial charge in [0.2, 0.25) is 5.95 Å². The van der Waals surface area contributed by atoms with Crippen molar-refractivity contribution in [3.63, 3.8) is 0 Å². The van der Waals surface area contributed by atoms with Gasteiger partial charge in [-0.05, 0) is 61.9 Å². The standard InChI is InChI=1S/C24H28ClFN6O/c1-32(2)22-18-5-3-4-6-21(18)30-23(31-22)28-16-9-7-15(8-10-16)14-27-24(33)29-17-11-12-20(26)19(25)13-17/h3-6,11-13,15-16H,7-10,14H2,1-2H3,(H2,27,29,33)(H,28,30,31). The number of anilines is 3. The zero-order valence-electron chi connectivity index (χ0n) is 18.7. The van der Waals surface area contributed by atoms with E-state index < -0.39 is 5.82 Å². The number of fused-ring (bicyclic) bond motifs is 1. The van der Waals surface area contributed by atoms with Gasteiger partial charge in [0, 0.05) is 37.8 Å². The third kappa shape index (κ3) is 5.82. The summed E-state index contributed by atoms with van der Waals surface area (Å²) in [5, 5.41) is 10.1. The van der Waals surface area contributed by atoms with Gasteiger partial charge in [0.1, 0.15) is 11.6 Å². The first-order chi connectivity index (χ1) is 15.9. The van der Waals surface area contributed by atoms with Gasteiger partial charge in [-0.25, -0.2) is 14.2 Å². The number of nitrogens with one attached hydrogen (secondary N) is 3. The molecule has 3 aromatic rings. The number of hydrogen-bond acceptors (Lipinski definition) is 5. The molecule has 1 aliphatic carbocycles. The molecule has 7 nitrogen and oxygen atoms in total. The number of aromatic nitrogens is 2. The van der Waals surface area contributed by atoms with E-state index in [1.165, 1.54) is 18.2 Å². The highest BCUT2D eigenvalue weighted by atomic mass is 35.5. The summed E-state index contributed by atoms with van der Waals surface area (Å²) in [6, 6.07) is 12.1. The lowest BCUT2D eigenvalue weighted by atomic mass is 9.86. The lowest BCUT2D eigenvalue weighted by Gasteiger charge is -2.29. The van der Waals surface area contributed by atoms with Crippen molar-refractivity contribution < 1.29 is 9.18 Å². The van der Waals surface area contributed by atoms with Gasteiger partial charge in [-0.15, -0.1) is 0 Å². The molecule has 2 aromatic carbocycles. The van der Waals surface area contributed by atoms with Crippen LogP contribution in [0.3, 0.4) is 0 Å². The quantitative estimate of drug-likeness (QED) is 0.456. The van der Waals surface area contributed by atoms with Crippen LogP contribution in [0.2, 0.25) is 5.02 Å². The first kappa shape index (κ1) is 23.0. The fourth-order valence-corrected chi connectivity index (χ4v) is 4.33. The summed E-state index contributed by atoms with van der Waals surface area (Å²) in [6.07, 6.45) is 3.95. The molecule has 0 radical (unpaired) electrons. The number of carbonyl (C=O) groups excluding carboxylic acids is 1. The molecule has 0 atom stereocenters. The normalized spacial score (nSPS) is 18.1. The third-order valence-electron chi connectivity index (χ3n) is 5.92. The molecule has 1 heterocycles. The summed E-state index contributed by atoms with van der Waals surface area (Å²) >= 11 is 5.76. The van der Waals surface area contributed by atoms with Crippen LogP contribution in [-0.2, 0) is 0 Å². The van der Waals surface area contributed by atoms with E-state index in [1.807, 2.05) is 43.3 Å². The maximum absolute atomic E-state index is 13.2. The van der Waals surface area contributed by atoms with Crippen LogP contribution in [0.5, 0.6) is 0 Å². The van der Waals surface area contributed by atoms with E-state index in [1.54, 1.807) is 0 Å². The first-order valence-corrected chi connectivity index (χ1v) is 11.5. The molecule has 4 rings (SSSR count). The number of carbonyl (C=O) groups is 1. The second-order valence-electron chi connectivity index (χ2n) is 8.61.